The van der Waals surface area contributed by atoms with E-state index in [9.17, 15) is 19.5 Å². The van der Waals surface area contributed by atoms with Crippen LogP contribution in [-0.4, -0.2) is 47.7 Å². The molecule has 2 aromatic carbocycles. The lowest BCUT2D eigenvalue weighted by atomic mass is 9.68. The minimum Gasteiger partial charge on any atom is -0.508 e. The smallest absolute Gasteiger partial charge is 0.423 e. The molecule has 198 valence electrons. The topological polar surface area (TPSA) is 93.1 Å². The fourth-order valence-corrected chi connectivity index (χ4v) is 6.29. The predicted octanol–water partition coefficient (Wildman–Crippen LogP) is 5.60. The molecular weight excluding hydrogens is 482 g/mol. The number of likely N-dealkylation sites (tertiary alicyclic amines) is 1. The standard InChI is InChI=1S/C31H33NO6/c1-3-7-22-17-24-28(30(35)32(29(24)34)31(36)37-2)25-18-38-26(27(22)25)15-12-21(20-8-5-4-6-9-20)16-19-10-13-23(33)14-11-19/h4-6,8-11,13-14,16,24-26,28,33H,3,7,12,15,17-18H2,1-2H3/b21-16-/t24-,25+,26-,28-/m1/s1. The van der Waals surface area contributed by atoms with Crippen LogP contribution in [0.4, 0.5) is 4.79 Å². The Labute approximate surface area is 222 Å². The quantitative estimate of drug-likeness (QED) is 0.293. The number of imide groups is 3. The third-order valence-corrected chi connectivity index (χ3v) is 7.97. The number of hydrogen-bond acceptors (Lipinski definition) is 6. The van der Waals surface area contributed by atoms with E-state index in [1.165, 1.54) is 12.7 Å². The van der Waals surface area contributed by atoms with Crippen LogP contribution in [0.25, 0.3) is 11.6 Å². The lowest BCUT2D eigenvalue weighted by molar-refractivity contribution is -0.137. The SMILES string of the molecule is CCCC1=C2[C@@H](CC/C(=C/c3ccc(O)cc3)c3ccccc3)OC[C@@H]2[C@@H]2C(=O)N(C(=O)OC)C(=O)[C@@H]2C1. The van der Waals surface area contributed by atoms with Gasteiger partial charge in [-0.25, -0.2) is 4.79 Å². The number of phenolic OH excluding ortho intramolecular Hbond substituents is 1. The number of carbonyl (C=O) groups excluding carboxylic acids is 3. The molecule has 38 heavy (non-hydrogen) atoms. The third-order valence-electron chi connectivity index (χ3n) is 7.97. The van der Waals surface area contributed by atoms with Gasteiger partial charge in [0.05, 0.1) is 31.7 Å². The number of hydrogen-bond donors (Lipinski definition) is 1. The van der Waals surface area contributed by atoms with Crippen LogP contribution >= 0.6 is 0 Å². The molecule has 7 nitrogen and oxygen atoms in total. The zero-order chi connectivity index (χ0) is 26.8. The Hall–Kier alpha value is -3.71. The van der Waals surface area contributed by atoms with E-state index in [1.807, 2.05) is 30.3 Å². The summed E-state index contributed by atoms with van der Waals surface area (Å²) >= 11 is 0. The van der Waals surface area contributed by atoms with Gasteiger partial charge in [-0.2, -0.15) is 4.90 Å². The molecule has 5 rings (SSSR count). The van der Waals surface area contributed by atoms with Gasteiger partial charge in [0, 0.05) is 5.92 Å². The second-order valence-electron chi connectivity index (χ2n) is 10.2. The van der Waals surface area contributed by atoms with Gasteiger partial charge in [-0.3, -0.25) is 9.59 Å². The highest BCUT2D eigenvalue weighted by molar-refractivity contribution is 6.16. The molecule has 0 bridgehead atoms. The summed E-state index contributed by atoms with van der Waals surface area (Å²) in [7, 11) is 1.18. The average molecular weight is 516 g/mol. The lowest BCUT2D eigenvalue weighted by Crippen LogP contribution is -2.38. The first-order valence-corrected chi connectivity index (χ1v) is 13.3. The number of carbonyl (C=O) groups is 3. The van der Waals surface area contributed by atoms with E-state index >= 15 is 0 Å². The Kier molecular flexibility index (Phi) is 7.47. The summed E-state index contributed by atoms with van der Waals surface area (Å²) in [5.41, 5.74) is 5.61. The van der Waals surface area contributed by atoms with Crippen molar-refractivity contribution >= 4 is 29.6 Å². The minimum atomic E-state index is -0.907. The largest absolute Gasteiger partial charge is 0.508 e. The van der Waals surface area contributed by atoms with Crippen molar-refractivity contribution in [3.63, 3.8) is 0 Å². The van der Waals surface area contributed by atoms with E-state index in [-0.39, 0.29) is 17.8 Å². The van der Waals surface area contributed by atoms with Crippen molar-refractivity contribution in [3.05, 3.63) is 76.9 Å². The first-order chi connectivity index (χ1) is 18.4. The Balaban J connectivity index is 1.42. The molecule has 4 atom stereocenters. The number of aromatic hydroxyl groups is 1. The van der Waals surface area contributed by atoms with E-state index in [1.54, 1.807) is 12.1 Å². The van der Waals surface area contributed by atoms with Crippen molar-refractivity contribution < 1.29 is 29.0 Å². The molecule has 1 N–H and O–H groups in total. The second kappa shape index (κ2) is 11.0. The molecule has 0 spiro atoms. The van der Waals surface area contributed by atoms with Crippen LogP contribution in [0, 0.1) is 17.8 Å². The number of ether oxygens (including phenoxy) is 2. The van der Waals surface area contributed by atoms with Crippen molar-refractivity contribution in [2.45, 2.75) is 45.1 Å². The average Bonchev–Trinajstić information content (AvgIpc) is 3.46. The van der Waals surface area contributed by atoms with Crippen molar-refractivity contribution in [3.8, 4) is 5.75 Å². The highest BCUT2D eigenvalue weighted by Gasteiger charge is 2.58. The summed E-state index contributed by atoms with van der Waals surface area (Å²) in [4.78, 5) is 39.2. The van der Waals surface area contributed by atoms with Crippen molar-refractivity contribution in [1.82, 2.24) is 4.90 Å². The van der Waals surface area contributed by atoms with Gasteiger partial charge in [-0.05, 0) is 60.1 Å². The number of allylic oxidation sites excluding steroid dienone is 2. The summed E-state index contributed by atoms with van der Waals surface area (Å²) in [6.07, 6.45) is 4.81. The molecule has 7 heteroatoms. The lowest BCUT2D eigenvalue weighted by Gasteiger charge is -2.32. The van der Waals surface area contributed by atoms with Crippen LogP contribution in [0.3, 0.4) is 0 Å². The molecule has 3 amide bonds. The van der Waals surface area contributed by atoms with E-state index in [0.717, 1.165) is 48.0 Å². The first kappa shape index (κ1) is 25.9. The van der Waals surface area contributed by atoms with Crippen molar-refractivity contribution in [2.24, 2.45) is 17.8 Å². The van der Waals surface area contributed by atoms with E-state index in [4.69, 9.17) is 9.47 Å². The van der Waals surface area contributed by atoms with Crippen LogP contribution in [0.5, 0.6) is 5.75 Å². The molecule has 0 aromatic heterocycles. The summed E-state index contributed by atoms with van der Waals surface area (Å²) in [5.74, 6) is -2.01. The molecule has 1 aliphatic carbocycles. The van der Waals surface area contributed by atoms with Crippen LogP contribution in [0.15, 0.2) is 65.7 Å². The minimum absolute atomic E-state index is 0.149. The maximum absolute atomic E-state index is 13.2. The Morgan fingerprint density at radius 3 is 2.50 bits per heavy atom. The number of benzene rings is 2. The molecule has 0 radical (unpaired) electrons. The first-order valence-electron chi connectivity index (χ1n) is 13.3. The highest BCUT2D eigenvalue weighted by atomic mass is 16.5. The fraction of sp³-hybridized carbons (Fsp3) is 0.387. The molecule has 2 fully saturated rings. The van der Waals surface area contributed by atoms with Gasteiger partial charge in [0.1, 0.15) is 5.75 Å². The van der Waals surface area contributed by atoms with Gasteiger partial charge < -0.3 is 14.6 Å². The van der Waals surface area contributed by atoms with Crippen molar-refractivity contribution in [1.29, 1.82) is 0 Å². The molecule has 2 aliphatic heterocycles. The molecule has 0 unspecified atom stereocenters. The molecule has 3 aliphatic rings. The van der Waals surface area contributed by atoms with Crippen molar-refractivity contribution in [2.75, 3.05) is 13.7 Å². The zero-order valence-electron chi connectivity index (χ0n) is 21.8. The number of phenols is 1. The van der Waals surface area contributed by atoms with Crippen LogP contribution < -0.4 is 0 Å². The van der Waals surface area contributed by atoms with Gasteiger partial charge in [-0.1, -0.05) is 67.5 Å². The summed E-state index contributed by atoms with van der Waals surface area (Å²) < 4.78 is 11.1. The van der Waals surface area contributed by atoms with Gasteiger partial charge in [0.15, 0.2) is 0 Å². The van der Waals surface area contributed by atoms with Gasteiger partial charge >= 0.3 is 6.09 Å². The Morgan fingerprint density at radius 1 is 1.08 bits per heavy atom. The Morgan fingerprint density at radius 2 is 1.82 bits per heavy atom. The predicted molar refractivity (Wildman–Crippen MR) is 143 cm³/mol. The van der Waals surface area contributed by atoms with E-state index < -0.39 is 29.7 Å². The summed E-state index contributed by atoms with van der Waals surface area (Å²) in [6, 6.07) is 17.3. The molecule has 2 heterocycles. The monoisotopic (exact) mass is 515 g/mol. The molecular formula is C31H33NO6. The molecule has 2 aromatic rings. The van der Waals surface area contributed by atoms with Crippen LogP contribution in [-0.2, 0) is 19.1 Å². The van der Waals surface area contributed by atoms with Crippen LogP contribution in [0.1, 0.15) is 50.2 Å². The van der Waals surface area contributed by atoms with E-state index in [2.05, 4.69) is 25.1 Å². The normalized spacial score (nSPS) is 25.0. The van der Waals surface area contributed by atoms with Gasteiger partial charge in [0.2, 0.25) is 11.8 Å². The summed E-state index contributed by atoms with van der Waals surface area (Å²) in [5, 5.41) is 9.68. The zero-order valence-corrected chi connectivity index (χ0v) is 21.8. The van der Waals surface area contributed by atoms with Gasteiger partial charge in [0.25, 0.3) is 0 Å². The number of rotatable bonds is 7. The fourth-order valence-electron chi connectivity index (χ4n) is 6.29. The number of nitrogens with zero attached hydrogens (tertiary/aromatic N) is 1. The number of fused-ring (bicyclic) bond motifs is 3. The third kappa shape index (κ3) is 4.78. The van der Waals surface area contributed by atoms with Gasteiger partial charge in [-0.15, -0.1) is 0 Å². The second-order valence-corrected chi connectivity index (χ2v) is 10.2. The maximum atomic E-state index is 13.2. The molecule has 2 saturated heterocycles. The Bertz CT molecular complexity index is 1280. The number of amides is 3. The van der Waals surface area contributed by atoms with Crippen LogP contribution in [0.2, 0.25) is 0 Å². The highest BCUT2D eigenvalue weighted by Crippen LogP contribution is 2.51. The maximum Gasteiger partial charge on any atom is 0.423 e. The molecule has 0 saturated carbocycles. The number of methoxy groups -OCH3 is 1. The van der Waals surface area contributed by atoms with E-state index in [0.29, 0.717) is 17.9 Å². The summed E-state index contributed by atoms with van der Waals surface area (Å²) in [6.45, 7) is 2.47.